The van der Waals surface area contributed by atoms with Crippen molar-refractivity contribution in [3.05, 3.63) is 80.6 Å². The minimum atomic E-state index is -0.00890. The Bertz CT molecular complexity index is 936. The number of hydrogen-bond donors (Lipinski definition) is 1. The van der Waals surface area contributed by atoms with Gasteiger partial charge in [-0.15, -0.1) is 0 Å². The van der Waals surface area contributed by atoms with Crippen molar-refractivity contribution in [1.29, 1.82) is 0 Å². The van der Waals surface area contributed by atoms with E-state index in [1.54, 1.807) is 0 Å². The van der Waals surface area contributed by atoms with E-state index in [4.69, 9.17) is 4.74 Å². The Kier molecular flexibility index (Phi) is 4.70. The summed E-state index contributed by atoms with van der Waals surface area (Å²) in [5, 5.41) is 1.06. The molecule has 1 atom stereocenters. The van der Waals surface area contributed by atoms with Crippen LogP contribution in [0.15, 0.2) is 63.9 Å². The van der Waals surface area contributed by atoms with E-state index in [-0.39, 0.29) is 11.7 Å². The normalized spacial score (nSPS) is 18.5. The van der Waals surface area contributed by atoms with Gasteiger partial charge in [-0.25, -0.2) is 0 Å². The molecule has 1 saturated heterocycles. The molecule has 0 saturated carbocycles. The van der Waals surface area contributed by atoms with Crippen molar-refractivity contribution in [2.45, 2.75) is 12.6 Å². The smallest absolute Gasteiger partial charge is 0.252 e. The van der Waals surface area contributed by atoms with E-state index in [0.29, 0.717) is 13.2 Å². The molecular formula is C20H19BrN2O2. The Morgan fingerprint density at radius 1 is 1.16 bits per heavy atom. The van der Waals surface area contributed by atoms with Gasteiger partial charge in [-0.05, 0) is 35.2 Å². The molecular weight excluding hydrogens is 380 g/mol. The molecule has 1 aliphatic rings. The monoisotopic (exact) mass is 398 g/mol. The van der Waals surface area contributed by atoms with Crippen LogP contribution in [-0.4, -0.2) is 29.6 Å². The van der Waals surface area contributed by atoms with Crippen LogP contribution < -0.4 is 5.56 Å². The van der Waals surface area contributed by atoms with Gasteiger partial charge in [0.05, 0.1) is 12.7 Å². The minimum absolute atomic E-state index is 0.00890. The van der Waals surface area contributed by atoms with Gasteiger partial charge in [0.1, 0.15) is 0 Å². The van der Waals surface area contributed by atoms with Gasteiger partial charge >= 0.3 is 0 Å². The number of rotatable bonds is 3. The molecule has 0 amide bonds. The fraction of sp³-hybridized carbons (Fsp3) is 0.250. The standard InChI is InChI=1S/C20H19BrN2O2/c21-17-7-5-14(6-8-17)19-13-23(9-10-25-19)12-16-11-15-3-1-2-4-18(15)22-20(16)24/h1-8,11,19H,9-10,12-13H2,(H,22,24). The molecule has 0 aliphatic carbocycles. The van der Waals surface area contributed by atoms with Crippen LogP contribution in [0.3, 0.4) is 0 Å². The molecule has 4 rings (SSSR count). The van der Waals surface area contributed by atoms with Crippen LogP contribution in [0.5, 0.6) is 0 Å². The van der Waals surface area contributed by atoms with E-state index in [9.17, 15) is 4.79 Å². The average Bonchev–Trinajstić information content (AvgIpc) is 2.63. The molecule has 1 fully saturated rings. The number of aromatic amines is 1. The summed E-state index contributed by atoms with van der Waals surface area (Å²) in [4.78, 5) is 17.6. The number of H-pyrrole nitrogens is 1. The molecule has 2 aromatic carbocycles. The Labute approximate surface area is 154 Å². The highest BCUT2D eigenvalue weighted by molar-refractivity contribution is 9.10. The van der Waals surface area contributed by atoms with Crippen molar-refractivity contribution < 1.29 is 4.74 Å². The van der Waals surface area contributed by atoms with E-state index in [1.165, 1.54) is 5.56 Å². The number of ether oxygens (including phenoxy) is 1. The molecule has 5 heteroatoms. The first-order chi connectivity index (χ1) is 12.2. The predicted molar refractivity (Wildman–Crippen MR) is 103 cm³/mol. The number of nitrogens with zero attached hydrogens (tertiary/aromatic N) is 1. The highest BCUT2D eigenvalue weighted by atomic mass is 79.9. The van der Waals surface area contributed by atoms with Gasteiger partial charge < -0.3 is 9.72 Å². The molecule has 128 valence electrons. The van der Waals surface area contributed by atoms with Gasteiger partial charge in [0, 0.05) is 35.2 Å². The van der Waals surface area contributed by atoms with E-state index in [1.807, 2.05) is 42.5 Å². The van der Waals surface area contributed by atoms with Gasteiger partial charge in [0.2, 0.25) is 0 Å². The van der Waals surface area contributed by atoms with Gasteiger partial charge in [0.15, 0.2) is 0 Å². The van der Waals surface area contributed by atoms with Crippen LogP contribution >= 0.6 is 15.9 Å². The quantitative estimate of drug-likeness (QED) is 0.728. The van der Waals surface area contributed by atoms with Crippen LogP contribution in [0.2, 0.25) is 0 Å². The highest BCUT2D eigenvalue weighted by Crippen LogP contribution is 2.24. The number of halogens is 1. The zero-order valence-corrected chi connectivity index (χ0v) is 15.3. The molecule has 0 spiro atoms. The molecule has 1 aromatic heterocycles. The third kappa shape index (κ3) is 3.68. The van der Waals surface area contributed by atoms with Crippen LogP contribution in [0.25, 0.3) is 10.9 Å². The third-order valence-corrected chi connectivity index (χ3v) is 5.15. The molecule has 3 aromatic rings. The van der Waals surface area contributed by atoms with Crippen LogP contribution in [-0.2, 0) is 11.3 Å². The number of benzene rings is 2. The van der Waals surface area contributed by atoms with E-state index >= 15 is 0 Å². The van der Waals surface area contributed by atoms with E-state index in [2.05, 4.69) is 37.9 Å². The zero-order chi connectivity index (χ0) is 17.2. The van der Waals surface area contributed by atoms with Gasteiger partial charge in [-0.2, -0.15) is 0 Å². The molecule has 4 nitrogen and oxygen atoms in total. The first-order valence-corrected chi connectivity index (χ1v) is 9.19. The minimum Gasteiger partial charge on any atom is -0.371 e. The van der Waals surface area contributed by atoms with E-state index < -0.39 is 0 Å². The number of pyridine rings is 1. The third-order valence-electron chi connectivity index (χ3n) is 4.62. The van der Waals surface area contributed by atoms with Gasteiger partial charge in [-0.1, -0.05) is 46.3 Å². The predicted octanol–water partition coefficient (Wildman–Crippen LogP) is 3.86. The zero-order valence-electron chi connectivity index (χ0n) is 13.7. The molecule has 1 unspecified atom stereocenters. The summed E-state index contributed by atoms with van der Waals surface area (Å²) in [6, 6.07) is 18.1. The Hall–Kier alpha value is -1.95. The first kappa shape index (κ1) is 16.5. The van der Waals surface area contributed by atoms with Crippen LogP contribution in [0, 0.1) is 0 Å². The van der Waals surface area contributed by atoms with Crippen molar-refractivity contribution in [3.8, 4) is 0 Å². The summed E-state index contributed by atoms with van der Waals surface area (Å²) in [6.07, 6.45) is 0.0430. The average molecular weight is 399 g/mol. The second-order valence-electron chi connectivity index (χ2n) is 6.36. The molecule has 0 radical (unpaired) electrons. The van der Waals surface area contributed by atoms with Crippen molar-refractivity contribution in [2.24, 2.45) is 0 Å². The molecule has 1 N–H and O–H groups in total. The Morgan fingerprint density at radius 2 is 1.96 bits per heavy atom. The largest absolute Gasteiger partial charge is 0.371 e. The number of fused-ring (bicyclic) bond motifs is 1. The molecule has 25 heavy (non-hydrogen) atoms. The van der Waals surface area contributed by atoms with Gasteiger partial charge in [-0.3, -0.25) is 9.69 Å². The lowest BCUT2D eigenvalue weighted by Crippen LogP contribution is -2.39. The lowest BCUT2D eigenvalue weighted by atomic mass is 10.1. The SMILES string of the molecule is O=c1[nH]c2ccccc2cc1CN1CCOC(c2ccc(Br)cc2)C1. The summed E-state index contributed by atoms with van der Waals surface area (Å²) in [5.41, 5.74) is 2.84. The lowest BCUT2D eigenvalue weighted by molar-refractivity contribution is -0.0330. The van der Waals surface area contributed by atoms with Crippen molar-refractivity contribution >= 4 is 26.8 Å². The summed E-state index contributed by atoms with van der Waals surface area (Å²) in [6.45, 7) is 2.93. The number of hydrogen-bond acceptors (Lipinski definition) is 3. The number of morpholine rings is 1. The van der Waals surface area contributed by atoms with Crippen LogP contribution in [0.1, 0.15) is 17.2 Å². The Balaban J connectivity index is 1.53. The van der Waals surface area contributed by atoms with Crippen molar-refractivity contribution in [3.63, 3.8) is 0 Å². The molecule has 2 heterocycles. The lowest BCUT2D eigenvalue weighted by Gasteiger charge is -2.33. The topological polar surface area (TPSA) is 45.3 Å². The van der Waals surface area contributed by atoms with Crippen molar-refractivity contribution in [2.75, 3.05) is 19.7 Å². The summed E-state index contributed by atoms with van der Waals surface area (Å²) in [5.74, 6) is 0. The van der Waals surface area contributed by atoms with Gasteiger partial charge in [0.25, 0.3) is 5.56 Å². The maximum absolute atomic E-state index is 12.4. The summed E-state index contributed by atoms with van der Waals surface area (Å²) < 4.78 is 6.99. The second kappa shape index (κ2) is 7.12. The summed E-state index contributed by atoms with van der Waals surface area (Å²) in [7, 11) is 0. The maximum Gasteiger partial charge on any atom is 0.252 e. The van der Waals surface area contributed by atoms with E-state index in [0.717, 1.165) is 34.0 Å². The second-order valence-corrected chi connectivity index (χ2v) is 7.27. The number of nitrogens with one attached hydrogen (secondary N) is 1. The fourth-order valence-corrected chi connectivity index (χ4v) is 3.54. The summed E-state index contributed by atoms with van der Waals surface area (Å²) >= 11 is 3.46. The van der Waals surface area contributed by atoms with Crippen molar-refractivity contribution in [1.82, 2.24) is 9.88 Å². The number of para-hydroxylation sites is 1. The van der Waals surface area contributed by atoms with Crippen LogP contribution in [0.4, 0.5) is 0 Å². The highest BCUT2D eigenvalue weighted by Gasteiger charge is 2.22. The molecule has 0 bridgehead atoms. The number of aromatic nitrogens is 1. The Morgan fingerprint density at radius 3 is 2.80 bits per heavy atom. The maximum atomic E-state index is 12.4. The first-order valence-electron chi connectivity index (χ1n) is 8.39. The fourth-order valence-electron chi connectivity index (χ4n) is 3.28. The molecule has 1 aliphatic heterocycles.